The Hall–Kier alpha value is -2.50. The molecule has 5 nitrogen and oxygen atoms in total. The third-order valence-corrected chi connectivity index (χ3v) is 3.10. The quantitative estimate of drug-likeness (QED) is 0.886. The Morgan fingerprint density at radius 3 is 2.86 bits per heavy atom. The van der Waals surface area contributed by atoms with E-state index in [1.807, 2.05) is 6.92 Å². The van der Waals surface area contributed by atoms with Crippen LogP contribution in [0.4, 0.5) is 4.39 Å². The molecule has 0 bridgehead atoms. The molecule has 0 radical (unpaired) electrons. The monoisotopic (exact) mass is 290 g/mol. The molecule has 0 saturated carbocycles. The number of aliphatic carboxylic acids is 1. The van der Waals surface area contributed by atoms with E-state index in [2.05, 4.69) is 10.3 Å². The van der Waals surface area contributed by atoms with Gasteiger partial charge in [0, 0.05) is 11.6 Å². The number of hydrogen-bond donors (Lipinski definition) is 2. The zero-order valence-electron chi connectivity index (χ0n) is 11.5. The van der Waals surface area contributed by atoms with Crippen LogP contribution < -0.4 is 5.32 Å². The van der Waals surface area contributed by atoms with Gasteiger partial charge >= 0.3 is 5.97 Å². The molecule has 0 spiro atoms. The van der Waals surface area contributed by atoms with Crippen LogP contribution in [0.25, 0.3) is 10.9 Å². The number of carbonyl (C=O) groups excluding carboxylic acids is 1. The molecule has 1 unspecified atom stereocenters. The van der Waals surface area contributed by atoms with Crippen molar-refractivity contribution in [2.75, 3.05) is 0 Å². The maximum atomic E-state index is 13.6. The summed E-state index contributed by atoms with van der Waals surface area (Å²) in [5, 5.41) is 12.0. The van der Waals surface area contributed by atoms with Crippen molar-refractivity contribution >= 4 is 22.8 Å². The summed E-state index contributed by atoms with van der Waals surface area (Å²) in [6, 6.07) is 4.63. The van der Waals surface area contributed by atoms with Crippen molar-refractivity contribution in [3.63, 3.8) is 0 Å². The summed E-state index contributed by atoms with van der Waals surface area (Å²) in [4.78, 5) is 27.4. The third-order valence-electron chi connectivity index (χ3n) is 3.10. The lowest BCUT2D eigenvalue weighted by molar-refractivity contribution is -0.139. The van der Waals surface area contributed by atoms with Gasteiger partial charge in [-0.05, 0) is 24.6 Å². The van der Waals surface area contributed by atoms with Crippen LogP contribution in [0.5, 0.6) is 0 Å². The summed E-state index contributed by atoms with van der Waals surface area (Å²) >= 11 is 0. The summed E-state index contributed by atoms with van der Waals surface area (Å²) in [6.45, 7) is 1.82. The fraction of sp³-hybridized carbons (Fsp3) is 0.267. The summed E-state index contributed by atoms with van der Waals surface area (Å²) in [7, 11) is 0. The number of nitrogens with zero attached hydrogens (tertiary/aromatic N) is 1. The number of nitrogens with one attached hydrogen (secondary N) is 1. The van der Waals surface area contributed by atoms with Crippen LogP contribution >= 0.6 is 0 Å². The molecule has 1 heterocycles. The molecule has 0 fully saturated rings. The normalized spacial score (nSPS) is 12.1. The molecular weight excluding hydrogens is 275 g/mol. The van der Waals surface area contributed by atoms with Gasteiger partial charge < -0.3 is 10.4 Å². The van der Waals surface area contributed by atoms with Crippen molar-refractivity contribution in [3.8, 4) is 0 Å². The van der Waals surface area contributed by atoms with E-state index < -0.39 is 23.7 Å². The fourth-order valence-corrected chi connectivity index (χ4v) is 2.11. The van der Waals surface area contributed by atoms with E-state index in [4.69, 9.17) is 5.11 Å². The Bertz CT molecular complexity index is 688. The van der Waals surface area contributed by atoms with Gasteiger partial charge in [-0.2, -0.15) is 0 Å². The van der Waals surface area contributed by atoms with E-state index in [1.165, 1.54) is 12.3 Å². The number of aromatic nitrogens is 1. The van der Waals surface area contributed by atoms with Gasteiger partial charge in [0.15, 0.2) is 0 Å². The average molecular weight is 290 g/mol. The largest absolute Gasteiger partial charge is 0.480 e. The van der Waals surface area contributed by atoms with E-state index in [9.17, 15) is 14.0 Å². The number of hydrogen-bond acceptors (Lipinski definition) is 3. The molecule has 1 aromatic heterocycles. The van der Waals surface area contributed by atoms with Crippen LogP contribution in [0, 0.1) is 5.82 Å². The lowest BCUT2D eigenvalue weighted by atomic mass is 10.1. The highest BCUT2D eigenvalue weighted by molar-refractivity contribution is 6.06. The summed E-state index contributed by atoms with van der Waals surface area (Å²) in [6.07, 6.45) is 2.42. The van der Waals surface area contributed by atoms with Crippen LogP contribution in [-0.2, 0) is 4.79 Å². The molecule has 0 aliphatic carbocycles. The van der Waals surface area contributed by atoms with Gasteiger partial charge in [-0.25, -0.2) is 9.18 Å². The van der Waals surface area contributed by atoms with E-state index in [0.717, 1.165) is 6.07 Å². The molecule has 6 heteroatoms. The van der Waals surface area contributed by atoms with Gasteiger partial charge in [0.25, 0.3) is 5.91 Å². The van der Waals surface area contributed by atoms with Crippen molar-refractivity contribution in [3.05, 3.63) is 41.8 Å². The van der Waals surface area contributed by atoms with Crippen LogP contribution in [-0.4, -0.2) is 28.0 Å². The molecular formula is C15H15FN2O3. The Balaban J connectivity index is 2.37. The van der Waals surface area contributed by atoms with Crippen LogP contribution in [0.3, 0.4) is 0 Å². The molecule has 0 aliphatic heterocycles. The number of benzene rings is 1. The van der Waals surface area contributed by atoms with Crippen LogP contribution in [0.2, 0.25) is 0 Å². The minimum atomic E-state index is -1.11. The molecule has 2 rings (SSSR count). The van der Waals surface area contributed by atoms with E-state index in [-0.39, 0.29) is 5.56 Å². The second-order valence-corrected chi connectivity index (χ2v) is 4.68. The standard InChI is InChI=1S/C15H15FN2O3/c1-2-4-12(15(20)21)18-14(19)11-8-10(16)7-9-5-3-6-17-13(9)11/h3,5-8,12H,2,4H2,1H3,(H,18,19)(H,20,21). The minimum Gasteiger partial charge on any atom is -0.480 e. The predicted molar refractivity (Wildman–Crippen MR) is 75.5 cm³/mol. The number of amides is 1. The first-order valence-corrected chi connectivity index (χ1v) is 6.61. The Labute approximate surface area is 120 Å². The van der Waals surface area contributed by atoms with Crippen molar-refractivity contribution in [1.29, 1.82) is 0 Å². The number of carbonyl (C=O) groups is 2. The SMILES string of the molecule is CCCC(NC(=O)c1cc(F)cc2cccnc12)C(=O)O. The molecule has 2 N–H and O–H groups in total. The molecule has 0 saturated heterocycles. The topological polar surface area (TPSA) is 79.3 Å². The predicted octanol–water partition coefficient (Wildman–Crippen LogP) is 2.36. The van der Waals surface area contributed by atoms with Crippen LogP contribution in [0.15, 0.2) is 30.5 Å². The number of carboxylic acid groups (broad SMARTS) is 1. The zero-order valence-corrected chi connectivity index (χ0v) is 11.5. The molecule has 21 heavy (non-hydrogen) atoms. The minimum absolute atomic E-state index is 0.0351. The summed E-state index contributed by atoms with van der Waals surface area (Å²) in [5.74, 6) is -2.32. The Kier molecular flexibility index (Phi) is 4.47. The maximum absolute atomic E-state index is 13.6. The smallest absolute Gasteiger partial charge is 0.326 e. The highest BCUT2D eigenvalue weighted by atomic mass is 19.1. The van der Waals surface area contributed by atoms with Crippen molar-refractivity contribution in [1.82, 2.24) is 10.3 Å². The van der Waals surface area contributed by atoms with E-state index in [0.29, 0.717) is 23.7 Å². The number of halogens is 1. The fourth-order valence-electron chi connectivity index (χ4n) is 2.11. The molecule has 1 aromatic carbocycles. The number of rotatable bonds is 5. The van der Waals surface area contributed by atoms with Crippen molar-refractivity contribution < 1.29 is 19.1 Å². The molecule has 0 aliphatic rings. The van der Waals surface area contributed by atoms with Gasteiger partial charge in [0.2, 0.25) is 0 Å². The second kappa shape index (κ2) is 6.30. The van der Waals surface area contributed by atoms with Gasteiger partial charge in [0.05, 0.1) is 11.1 Å². The number of carboxylic acids is 1. The van der Waals surface area contributed by atoms with Gasteiger partial charge in [-0.3, -0.25) is 9.78 Å². The maximum Gasteiger partial charge on any atom is 0.326 e. The van der Waals surface area contributed by atoms with Crippen molar-refractivity contribution in [2.45, 2.75) is 25.8 Å². The lowest BCUT2D eigenvalue weighted by Crippen LogP contribution is -2.40. The first kappa shape index (κ1) is 14.9. The number of pyridine rings is 1. The van der Waals surface area contributed by atoms with E-state index in [1.54, 1.807) is 12.1 Å². The molecule has 1 atom stereocenters. The molecule has 2 aromatic rings. The van der Waals surface area contributed by atoms with Gasteiger partial charge in [-0.1, -0.05) is 19.4 Å². The first-order valence-electron chi connectivity index (χ1n) is 6.61. The van der Waals surface area contributed by atoms with E-state index >= 15 is 0 Å². The highest BCUT2D eigenvalue weighted by Gasteiger charge is 2.21. The Morgan fingerprint density at radius 2 is 2.19 bits per heavy atom. The van der Waals surface area contributed by atoms with Crippen LogP contribution in [0.1, 0.15) is 30.1 Å². The zero-order chi connectivity index (χ0) is 15.4. The number of fused-ring (bicyclic) bond motifs is 1. The first-order chi connectivity index (χ1) is 10.0. The Morgan fingerprint density at radius 1 is 1.43 bits per heavy atom. The molecule has 110 valence electrons. The van der Waals surface area contributed by atoms with Gasteiger partial charge in [0.1, 0.15) is 11.9 Å². The second-order valence-electron chi connectivity index (χ2n) is 4.68. The van der Waals surface area contributed by atoms with Gasteiger partial charge in [-0.15, -0.1) is 0 Å². The average Bonchev–Trinajstić information content (AvgIpc) is 2.45. The third kappa shape index (κ3) is 3.34. The summed E-state index contributed by atoms with van der Waals surface area (Å²) in [5.41, 5.74) is 0.380. The lowest BCUT2D eigenvalue weighted by Gasteiger charge is -2.14. The summed E-state index contributed by atoms with van der Waals surface area (Å²) < 4.78 is 13.6. The molecule has 1 amide bonds. The van der Waals surface area contributed by atoms with Crippen molar-refractivity contribution in [2.24, 2.45) is 0 Å². The highest BCUT2D eigenvalue weighted by Crippen LogP contribution is 2.18.